The van der Waals surface area contributed by atoms with Crippen LogP contribution in [-0.4, -0.2) is 44.5 Å². The number of aliphatic hydroxyl groups excluding tert-OH is 1. The van der Waals surface area contributed by atoms with Gasteiger partial charge in [0.2, 0.25) is 5.91 Å². The first-order valence-electron chi connectivity index (χ1n) is 10.4. The minimum atomic E-state index is -4.53. The third-order valence-corrected chi connectivity index (χ3v) is 5.48. The van der Waals surface area contributed by atoms with Gasteiger partial charge in [-0.1, -0.05) is 30.3 Å². The molecular weight excluding hydrogens is 457 g/mol. The number of carbonyl (C=O) groups excluding carboxylic acids is 1. The summed E-state index contributed by atoms with van der Waals surface area (Å²) in [4.78, 5) is 52.6. The number of hydrogen-bond acceptors (Lipinski definition) is 5. The standard InChI is InChI=1S/C22H23F3N4O5/c1-28-19(32)15-10-16(13-6-3-2-4-7-13)29(20(33)18(15)27-21(28)34)11-17(31)26-9-5-8-14(12-30)22(23,24)25/h2-4,6-7,10,14,30H,5,8-9,11-12H2,1H3,(H,26,31)(H,27,34). The van der Waals surface area contributed by atoms with Crippen LogP contribution in [0.3, 0.4) is 0 Å². The molecule has 2 aromatic heterocycles. The highest BCUT2D eigenvalue weighted by atomic mass is 19.4. The summed E-state index contributed by atoms with van der Waals surface area (Å²) >= 11 is 0. The Morgan fingerprint density at radius 2 is 1.82 bits per heavy atom. The maximum absolute atomic E-state index is 13.2. The van der Waals surface area contributed by atoms with Gasteiger partial charge in [-0.05, 0) is 24.5 Å². The minimum absolute atomic E-state index is 0.0233. The highest BCUT2D eigenvalue weighted by Gasteiger charge is 2.38. The lowest BCUT2D eigenvalue weighted by Crippen LogP contribution is -2.38. The number of aromatic amines is 1. The third kappa shape index (κ3) is 5.28. The number of carbonyl (C=O) groups is 1. The van der Waals surface area contributed by atoms with Crippen molar-refractivity contribution in [3.63, 3.8) is 0 Å². The van der Waals surface area contributed by atoms with E-state index in [4.69, 9.17) is 5.11 Å². The van der Waals surface area contributed by atoms with Gasteiger partial charge in [-0.2, -0.15) is 13.2 Å². The fourth-order valence-electron chi connectivity index (χ4n) is 3.54. The summed E-state index contributed by atoms with van der Waals surface area (Å²) in [5.74, 6) is -2.52. The Morgan fingerprint density at radius 3 is 2.44 bits per heavy atom. The molecule has 9 nitrogen and oxygen atoms in total. The second-order valence-corrected chi connectivity index (χ2v) is 7.78. The quantitative estimate of drug-likeness (QED) is 0.417. The lowest BCUT2D eigenvalue weighted by Gasteiger charge is -2.18. The molecule has 0 radical (unpaired) electrons. The van der Waals surface area contributed by atoms with Gasteiger partial charge in [-0.15, -0.1) is 0 Å². The van der Waals surface area contributed by atoms with Crippen molar-refractivity contribution in [1.29, 1.82) is 0 Å². The fourth-order valence-corrected chi connectivity index (χ4v) is 3.54. The molecule has 0 aliphatic heterocycles. The number of benzene rings is 1. The minimum Gasteiger partial charge on any atom is -0.396 e. The monoisotopic (exact) mass is 480 g/mol. The van der Waals surface area contributed by atoms with Crippen LogP contribution in [0.4, 0.5) is 13.2 Å². The second-order valence-electron chi connectivity index (χ2n) is 7.78. The summed E-state index contributed by atoms with van der Waals surface area (Å²) in [6.45, 7) is -1.62. The van der Waals surface area contributed by atoms with Crippen LogP contribution in [0.1, 0.15) is 12.8 Å². The third-order valence-electron chi connectivity index (χ3n) is 5.48. The van der Waals surface area contributed by atoms with Gasteiger partial charge in [-0.3, -0.25) is 23.5 Å². The van der Waals surface area contributed by atoms with E-state index < -0.39 is 48.0 Å². The predicted molar refractivity (Wildman–Crippen MR) is 118 cm³/mol. The first kappa shape index (κ1) is 25.0. The Hall–Kier alpha value is -3.67. The van der Waals surface area contributed by atoms with E-state index in [0.717, 1.165) is 9.13 Å². The van der Waals surface area contributed by atoms with Crippen molar-refractivity contribution >= 4 is 16.8 Å². The molecule has 3 N–H and O–H groups in total. The van der Waals surface area contributed by atoms with Crippen LogP contribution in [0, 0.1) is 5.92 Å². The van der Waals surface area contributed by atoms with E-state index in [1.165, 1.54) is 13.1 Å². The number of nitrogens with zero attached hydrogens (tertiary/aromatic N) is 2. The van der Waals surface area contributed by atoms with Crippen LogP contribution in [0.5, 0.6) is 0 Å². The highest BCUT2D eigenvalue weighted by Crippen LogP contribution is 2.29. The molecule has 0 aliphatic rings. The summed E-state index contributed by atoms with van der Waals surface area (Å²) in [6, 6.07) is 9.92. The average molecular weight is 480 g/mol. The summed E-state index contributed by atoms with van der Waals surface area (Å²) in [6.07, 6.45) is -4.93. The highest BCUT2D eigenvalue weighted by molar-refractivity contribution is 5.83. The number of halogens is 3. The van der Waals surface area contributed by atoms with Gasteiger partial charge in [0, 0.05) is 13.6 Å². The normalized spacial score (nSPS) is 12.6. The molecule has 1 aromatic carbocycles. The van der Waals surface area contributed by atoms with Gasteiger partial charge >= 0.3 is 11.9 Å². The number of alkyl halides is 3. The van der Waals surface area contributed by atoms with Crippen molar-refractivity contribution in [1.82, 2.24) is 19.4 Å². The van der Waals surface area contributed by atoms with Crippen molar-refractivity contribution in [2.45, 2.75) is 25.6 Å². The van der Waals surface area contributed by atoms with E-state index in [9.17, 15) is 32.3 Å². The van der Waals surface area contributed by atoms with E-state index in [1.54, 1.807) is 30.3 Å². The molecule has 1 amide bonds. The smallest absolute Gasteiger partial charge is 0.394 e. The van der Waals surface area contributed by atoms with Crippen molar-refractivity contribution in [3.8, 4) is 11.3 Å². The van der Waals surface area contributed by atoms with Crippen LogP contribution in [0.15, 0.2) is 50.8 Å². The molecule has 3 aromatic rings. The SMILES string of the molecule is Cn1c(=O)[nH]c2c(=O)n(CC(=O)NCCCC(CO)C(F)(F)F)c(-c3ccccc3)cc2c1=O. The van der Waals surface area contributed by atoms with E-state index in [-0.39, 0.29) is 36.0 Å². The molecule has 0 saturated heterocycles. The Morgan fingerprint density at radius 1 is 1.15 bits per heavy atom. The number of H-pyrrole nitrogens is 1. The van der Waals surface area contributed by atoms with Crippen LogP contribution < -0.4 is 22.1 Å². The molecule has 1 atom stereocenters. The maximum Gasteiger partial charge on any atom is 0.394 e. The lowest BCUT2D eigenvalue weighted by atomic mass is 10.0. The van der Waals surface area contributed by atoms with Gasteiger partial charge in [0.25, 0.3) is 11.1 Å². The van der Waals surface area contributed by atoms with Gasteiger partial charge in [-0.25, -0.2) is 4.79 Å². The zero-order chi connectivity index (χ0) is 25.0. The average Bonchev–Trinajstić information content (AvgIpc) is 2.79. The molecule has 0 aliphatic carbocycles. The van der Waals surface area contributed by atoms with E-state index in [2.05, 4.69) is 10.3 Å². The number of fused-ring (bicyclic) bond motifs is 1. The van der Waals surface area contributed by atoms with Crippen LogP contribution in [-0.2, 0) is 18.4 Å². The Bertz CT molecular complexity index is 1360. The van der Waals surface area contributed by atoms with E-state index in [0.29, 0.717) is 5.56 Å². The van der Waals surface area contributed by atoms with Crippen molar-refractivity contribution in [2.75, 3.05) is 13.2 Å². The number of aliphatic hydroxyl groups is 1. The molecule has 2 heterocycles. The zero-order valence-electron chi connectivity index (χ0n) is 18.2. The Kier molecular flexibility index (Phi) is 7.40. The molecule has 0 saturated carbocycles. The molecule has 182 valence electrons. The molecule has 34 heavy (non-hydrogen) atoms. The van der Waals surface area contributed by atoms with Crippen molar-refractivity contribution in [3.05, 3.63) is 67.6 Å². The summed E-state index contributed by atoms with van der Waals surface area (Å²) in [5, 5.41) is 11.3. The second kappa shape index (κ2) is 10.1. The first-order chi connectivity index (χ1) is 16.0. The molecule has 1 unspecified atom stereocenters. The van der Waals surface area contributed by atoms with Crippen LogP contribution in [0.2, 0.25) is 0 Å². The van der Waals surface area contributed by atoms with Crippen LogP contribution >= 0.6 is 0 Å². The lowest BCUT2D eigenvalue weighted by molar-refractivity contribution is -0.185. The largest absolute Gasteiger partial charge is 0.396 e. The first-order valence-corrected chi connectivity index (χ1v) is 10.4. The molecular formula is C22H23F3N4O5. The molecule has 0 spiro atoms. The number of hydrogen-bond donors (Lipinski definition) is 3. The maximum atomic E-state index is 13.2. The van der Waals surface area contributed by atoms with Gasteiger partial charge < -0.3 is 15.4 Å². The van der Waals surface area contributed by atoms with Crippen molar-refractivity contribution < 1.29 is 23.1 Å². The fraction of sp³-hybridized carbons (Fsp3) is 0.364. The van der Waals surface area contributed by atoms with E-state index in [1.807, 2.05) is 0 Å². The van der Waals surface area contributed by atoms with Gasteiger partial charge in [0.1, 0.15) is 12.1 Å². The topological polar surface area (TPSA) is 126 Å². The van der Waals surface area contributed by atoms with E-state index >= 15 is 0 Å². The summed E-state index contributed by atoms with van der Waals surface area (Å²) in [7, 11) is 1.27. The zero-order valence-corrected chi connectivity index (χ0v) is 18.2. The predicted octanol–water partition coefficient (Wildman–Crippen LogP) is 1.12. The molecule has 12 heteroatoms. The Labute approximate surface area is 190 Å². The number of amides is 1. The number of nitrogens with one attached hydrogen (secondary N) is 2. The van der Waals surface area contributed by atoms with Gasteiger partial charge in [0.05, 0.1) is 23.6 Å². The number of aromatic nitrogens is 3. The number of pyridine rings is 1. The van der Waals surface area contributed by atoms with Crippen molar-refractivity contribution in [2.24, 2.45) is 13.0 Å². The van der Waals surface area contributed by atoms with Crippen LogP contribution in [0.25, 0.3) is 22.2 Å². The molecule has 0 fully saturated rings. The summed E-state index contributed by atoms with van der Waals surface area (Å²) in [5.41, 5.74) is -1.68. The van der Waals surface area contributed by atoms with Gasteiger partial charge in [0.15, 0.2) is 0 Å². The summed E-state index contributed by atoms with van der Waals surface area (Å²) < 4.78 is 40.1. The molecule has 0 bridgehead atoms. The number of rotatable bonds is 8. The molecule has 3 rings (SSSR count). The Balaban J connectivity index is 1.90.